The van der Waals surface area contributed by atoms with Crippen molar-refractivity contribution in [3.05, 3.63) is 14.1 Å². The van der Waals surface area contributed by atoms with E-state index in [1.54, 1.807) is 0 Å². The Bertz CT molecular complexity index is 101. The third-order valence-electron chi connectivity index (χ3n) is 1.07. The quantitative estimate of drug-likeness (QED) is 0.432. The second-order valence-corrected chi connectivity index (χ2v) is 1.67. The Morgan fingerprint density at radius 2 is 1.62 bits per heavy atom. The maximum Gasteiger partial charge on any atom is 0.320 e. The van der Waals surface area contributed by atoms with Gasteiger partial charge in [0.15, 0.2) is 0 Å². The first-order valence-electron chi connectivity index (χ1n) is 2.30. The molecular formula is C5H6N2O. The van der Waals surface area contributed by atoms with Crippen LogP contribution in [0.5, 0.6) is 0 Å². The van der Waals surface area contributed by atoms with Gasteiger partial charge in [0.25, 0.3) is 0 Å². The molecule has 1 rings (SSSR count). The molecule has 0 spiro atoms. The summed E-state index contributed by atoms with van der Waals surface area (Å²) in [6.45, 7) is 1.05. The fourth-order valence-electron chi connectivity index (χ4n) is 0.572. The van der Waals surface area contributed by atoms with E-state index in [4.69, 9.17) is 14.1 Å². The molecule has 3 nitrogen and oxygen atoms in total. The molecule has 0 bridgehead atoms. The van der Waals surface area contributed by atoms with Crippen LogP contribution in [0.1, 0.15) is 0 Å². The van der Waals surface area contributed by atoms with Crippen molar-refractivity contribution in [1.82, 2.24) is 9.80 Å². The van der Waals surface area contributed by atoms with Gasteiger partial charge in [-0.05, 0) is 0 Å². The topological polar surface area (TPSA) is 23.6 Å². The van der Waals surface area contributed by atoms with E-state index < -0.39 is 0 Å². The van der Waals surface area contributed by atoms with Crippen LogP contribution in [0.4, 0.5) is 4.79 Å². The van der Waals surface area contributed by atoms with E-state index in [9.17, 15) is 4.79 Å². The van der Waals surface area contributed by atoms with Crippen molar-refractivity contribution in [2.45, 2.75) is 0 Å². The summed E-state index contributed by atoms with van der Waals surface area (Å²) in [5.41, 5.74) is 0. The smallest absolute Gasteiger partial charge is 0.316 e. The summed E-state index contributed by atoms with van der Waals surface area (Å²) in [5, 5.41) is 0. The van der Waals surface area contributed by atoms with Crippen LogP contribution in [-0.2, 0) is 0 Å². The van der Waals surface area contributed by atoms with Gasteiger partial charge >= 0.3 is 6.03 Å². The molecule has 0 aromatic carbocycles. The van der Waals surface area contributed by atoms with Gasteiger partial charge in [0.2, 0.25) is 0 Å². The Balaban J connectivity index is 2.57. The lowest BCUT2D eigenvalue weighted by atomic mass is 10.6. The van der Waals surface area contributed by atoms with Crippen LogP contribution in [0.15, 0.2) is 0 Å². The first-order chi connectivity index (χ1) is 3.72. The molecule has 0 aromatic heterocycles. The maximum atomic E-state index is 10.5. The second-order valence-electron chi connectivity index (χ2n) is 1.67. The van der Waals surface area contributed by atoms with Crippen molar-refractivity contribution in [2.24, 2.45) is 0 Å². The molecule has 4 radical (unpaired) electrons. The largest absolute Gasteiger partial charge is 0.320 e. The summed E-state index contributed by atoms with van der Waals surface area (Å²) >= 11 is 0. The molecule has 0 saturated carbocycles. The summed E-state index contributed by atoms with van der Waals surface area (Å²) in [5.74, 6) is 0. The average molecular weight is 110 g/mol. The predicted molar refractivity (Wildman–Crippen MR) is 27.4 cm³/mol. The molecule has 1 heterocycles. The molecule has 2 amide bonds. The van der Waals surface area contributed by atoms with Gasteiger partial charge in [-0.15, -0.1) is 0 Å². The highest BCUT2D eigenvalue weighted by Crippen LogP contribution is 2.03. The van der Waals surface area contributed by atoms with Crippen molar-refractivity contribution < 1.29 is 4.79 Å². The van der Waals surface area contributed by atoms with Crippen molar-refractivity contribution >= 4 is 6.03 Å². The molecule has 42 valence electrons. The summed E-state index contributed by atoms with van der Waals surface area (Å²) in [6, 6.07) is -0.315. The Labute approximate surface area is 48.9 Å². The summed E-state index contributed by atoms with van der Waals surface area (Å²) in [4.78, 5) is 12.7. The SMILES string of the molecule is [CH]N1CCN([CH])C1=O. The van der Waals surface area contributed by atoms with Crippen molar-refractivity contribution in [3.8, 4) is 0 Å². The van der Waals surface area contributed by atoms with Crippen LogP contribution in [0.25, 0.3) is 0 Å². The zero-order chi connectivity index (χ0) is 6.15. The van der Waals surface area contributed by atoms with Gasteiger partial charge in [0, 0.05) is 13.1 Å². The minimum atomic E-state index is -0.315. The molecule has 0 atom stereocenters. The molecule has 1 aliphatic heterocycles. The van der Waals surface area contributed by atoms with Gasteiger partial charge in [-0.2, -0.15) is 0 Å². The maximum absolute atomic E-state index is 10.5. The Morgan fingerprint density at radius 1 is 1.25 bits per heavy atom. The fraction of sp³-hybridized carbons (Fsp3) is 0.400. The van der Waals surface area contributed by atoms with E-state index in [-0.39, 0.29) is 6.03 Å². The molecule has 1 aliphatic rings. The van der Waals surface area contributed by atoms with E-state index in [2.05, 4.69) is 0 Å². The lowest BCUT2D eigenvalue weighted by Gasteiger charge is -2.06. The molecule has 0 unspecified atom stereocenters. The van der Waals surface area contributed by atoms with Crippen LogP contribution in [0.2, 0.25) is 0 Å². The highest BCUT2D eigenvalue weighted by atomic mass is 16.2. The van der Waals surface area contributed by atoms with Crippen molar-refractivity contribution in [2.75, 3.05) is 13.1 Å². The Morgan fingerprint density at radius 3 is 1.75 bits per heavy atom. The molecule has 1 fully saturated rings. The van der Waals surface area contributed by atoms with Gasteiger partial charge in [-0.1, -0.05) is 0 Å². The molecular weight excluding hydrogens is 104 g/mol. The lowest BCUT2D eigenvalue weighted by Crippen LogP contribution is -2.22. The monoisotopic (exact) mass is 110 g/mol. The highest BCUT2D eigenvalue weighted by molar-refractivity contribution is 5.76. The zero-order valence-electron chi connectivity index (χ0n) is 4.37. The van der Waals surface area contributed by atoms with Gasteiger partial charge in [0.05, 0.1) is 14.1 Å². The van der Waals surface area contributed by atoms with Gasteiger partial charge < -0.3 is 9.80 Å². The van der Waals surface area contributed by atoms with E-state index in [0.29, 0.717) is 13.1 Å². The third-order valence-corrected chi connectivity index (χ3v) is 1.07. The molecule has 0 aromatic rings. The van der Waals surface area contributed by atoms with Gasteiger partial charge in [0.1, 0.15) is 0 Å². The number of hydrogen-bond acceptors (Lipinski definition) is 1. The minimum Gasteiger partial charge on any atom is -0.316 e. The van der Waals surface area contributed by atoms with E-state index in [1.165, 1.54) is 0 Å². The molecule has 8 heavy (non-hydrogen) atoms. The van der Waals surface area contributed by atoms with Gasteiger partial charge in [-0.25, -0.2) is 4.79 Å². The van der Waals surface area contributed by atoms with Crippen LogP contribution in [0, 0.1) is 14.1 Å². The number of carbonyl (C=O) groups is 1. The van der Waals surface area contributed by atoms with Crippen LogP contribution in [0.3, 0.4) is 0 Å². The highest BCUT2D eigenvalue weighted by Gasteiger charge is 2.21. The van der Waals surface area contributed by atoms with Crippen LogP contribution in [-0.4, -0.2) is 28.9 Å². The van der Waals surface area contributed by atoms with Gasteiger partial charge in [-0.3, -0.25) is 0 Å². The first kappa shape index (κ1) is 5.41. The number of nitrogens with zero attached hydrogens (tertiary/aromatic N) is 2. The number of rotatable bonds is 0. The molecule has 1 saturated heterocycles. The second kappa shape index (κ2) is 1.65. The number of hydrogen-bond donors (Lipinski definition) is 0. The van der Waals surface area contributed by atoms with Crippen LogP contribution >= 0.6 is 0 Å². The van der Waals surface area contributed by atoms with Crippen LogP contribution < -0.4 is 0 Å². The molecule has 0 N–H and O–H groups in total. The molecule has 3 heteroatoms. The Hall–Kier alpha value is -0.730. The van der Waals surface area contributed by atoms with E-state index >= 15 is 0 Å². The van der Waals surface area contributed by atoms with E-state index in [1.807, 2.05) is 0 Å². The Kier molecular flexibility index (Phi) is 1.12. The number of carbonyl (C=O) groups excluding carboxylic acids is 1. The van der Waals surface area contributed by atoms with Crippen molar-refractivity contribution in [3.63, 3.8) is 0 Å². The lowest BCUT2D eigenvalue weighted by molar-refractivity contribution is 0.212. The zero-order valence-corrected chi connectivity index (χ0v) is 4.37. The minimum absolute atomic E-state index is 0.315. The fourth-order valence-corrected chi connectivity index (χ4v) is 0.572. The van der Waals surface area contributed by atoms with E-state index in [0.717, 1.165) is 9.80 Å². The van der Waals surface area contributed by atoms with Crippen molar-refractivity contribution in [1.29, 1.82) is 0 Å². The standard InChI is InChI=1S/C5H6N2O/c1-6-3-4-7(2)5(6)8/h1-2H,3-4H2. The predicted octanol–water partition coefficient (Wildman–Crippen LogP) is 0.0612. The average Bonchev–Trinajstić information content (AvgIpc) is 1.98. The normalized spacial score (nSPS) is 20.5. The number of urea groups is 1. The first-order valence-corrected chi connectivity index (χ1v) is 2.30. The molecule has 0 aliphatic carbocycles. The summed E-state index contributed by atoms with van der Waals surface area (Å²) < 4.78 is 0. The summed E-state index contributed by atoms with van der Waals surface area (Å²) in [6.07, 6.45) is 0. The third kappa shape index (κ3) is 0.638. The number of amides is 2. The summed E-state index contributed by atoms with van der Waals surface area (Å²) in [7, 11) is 10.3.